The standard InChI is InChI=1S/C15H18F2N4O2/c1-15(2,3)23-14(22)19-11-6-8(5-9(16)13(11)17)10-7-12(18)21(4)20-10/h5-7H,18H2,1-4H3,(H,19,22). The molecule has 2 aromatic rings. The normalized spacial score (nSPS) is 11.4. The molecule has 0 atom stereocenters. The predicted octanol–water partition coefficient (Wildman–Crippen LogP) is 3.29. The zero-order valence-corrected chi connectivity index (χ0v) is 13.3. The van der Waals surface area contributed by atoms with Crippen LogP contribution in [0, 0.1) is 11.6 Å². The number of hydrogen-bond acceptors (Lipinski definition) is 4. The fourth-order valence-electron chi connectivity index (χ4n) is 1.86. The van der Waals surface area contributed by atoms with Crippen LogP contribution in [-0.4, -0.2) is 21.5 Å². The molecule has 0 unspecified atom stereocenters. The molecule has 124 valence electrons. The maximum atomic E-state index is 13.9. The van der Waals surface area contributed by atoms with Crippen LogP contribution in [0.1, 0.15) is 20.8 Å². The second-order valence-electron chi connectivity index (χ2n) is 6.02. The summed E-state index contributed by atoms with van der Waals surface area (Å²) in [7, 11) is 1.62. The number of amides is 1. The lowest BCUT2D eigenvalue weighted by Crippen LogP contribution is -2.27. The number of anilines is 2. The van der Waals surface area contributed by atoms with Crippen molar-refractivity contribution in [2.45, 2.75) is 26.4 Å². The van der Waals surface area contributed by atoms with Crippen molar-refractivity contribution in [3.63, 3.8) is 0 Å². The van der Waals surface area contributed by atoms with Crippen molar-refractivity contribution >= 4 is 17.6 Å². The summed E-state index contributed by atoms with van der Waals surface area (Å²) in [6, 6.07) is 3.77. The maximum absolute atomic E-state index is 13.9. The second kappa shape index (κ2) is 5.86. The van der Waals surface area contributed by atoms with E-state index in [2.05, 4.69) is 10.4 Å². The highest BCUT2D eigenvalue weighted by Gasteiger charge is 2.20. The topological polar surface area (TPSA) is 82.2 Å². The number of hydrogen-bond donors (Lipinski definition) is 2. The van der Waals surface area contributed by atoms with Gasteiger partial charge in [0.05, 0.1) is 11.4 Å². The minimum atomic E-state index is -1.18. The summed E-state index contributed by atoms with van der Waals surface area (Å²) in [6.45, 7) is 4.99. The van der Waals surface area contributed by atoms with E-state index < -0.39 is 23.3 Å². The second-order valence-corrected chi connectivity index (χ2v) is 6.02. The van der Waals surface area contributed by atoms with Gasteiger partial charge in [-0.2, -0.15) is 5.10 Å². The van der Waals surface area contributed by atoms with Gasteiger partial charge < -0.3 is 10.5 Å². The van der Waals surface area contributed by atoms with E-state index in [1.165, 1.54) is 16.8 Å². The lowest BCUT2D eigenvalue weighted by atomic mass is 10.1. The van der Waals surface area contributed by atoms with Gasteiger partial charge in [0.1, 0.15) is 11.4 Å². The lowest BCUT2D eigenvalue weighted by Gasteiger charge is -2.20. The first-order valence-corrected chi connectivity index (χ1v) is 6.86. The number of nitrogens with one attached hydrogen (secondary N) is 1. The van der Waals surface area contributed by atoms with Gasteiger partial charge >= 0.3 is 6.09 Å². The van der Waals surface area contributed by atoms with Crippen LogP contribution in [0.25, 0.3) is 11.3 Å². The number of carbonyl (C=O) groups is 1. The monoisotopic (exact) mass is 324 g/mol. The molecule has 0 radical (unpaired) electrons. The molecule has 23 heavy (non-hydrogen) atoms. The molecule has 0 aliphatic heterocycles. The Morgan fingerprint density at radius 1 is 1.30 bits per heavy atom. The van der Waals surface area contributed by atoms with Gasteiger partial charge in [0.25, 0.3) is 0 Å². The highest BCUT2D eigenvalue weighted by atomic mass is 19.2. The number of aryl methyl sites for hydroxylation is 1. The molecular weight excluding hydrogens is 306 g/mol. The summed E-state index contributed by atoms with van der Waals surface area (Å²) < 4.78 is 34.1. The van der Waals surface area contributed by atoms with Crippen molar-refractivity contribution in [3.05, 3.63) is 29.8 Å². The summed E-state index contributed by atoms with van der Waals surface area (Å²) >= 11 is 0. The number of halogens is 2. The van der Waals surface area contributed by atoms with Gasteiger partial charge in [-0.25, -0.2) is 13.6 Å². The Balaban J connectivity index is 2.35. The largest absolute Gasteiger partial charge is 0.444 e. The maximum Gasteiger partial charge on any atom is 0.412 e. The zero-order valence-electron chi connectivity index (χ0n) is 13.3. The molecule has 3 N–H and O–H groups in total. The summed E-state index contributed by atoms with van der Waals surface area (Å²) in [6.07, 6.45) is -0.881. The van der Waals surface area contributed by atoms with E-state index in [0.717, 1.165) is 6.07 Å². The van der Waals surface area contributed by atoms with E-state index in [4.69, 9.17) is 10.5 Å². The number of rotatable bonds is 2. The first-order chi connectivity index (χ1) is 10.6. The van der Waals surface area contributed by atoms with Crippen molar-refractivity contribution in [1.29, 1.82) is 0 Å². The molecule has 2 rings (SSSR count). The molecule has 0 aliphatic rings. The fourth-order valence-corrected chi connectivity index (χ4v) is 1.86. The van der Waals surface area contributed by atoms with Crippen LogP contribution < -0.4 is 11.1 Å². The minimum absolute atomic E-state index is 0.280. The van der Waals surface area contributed by atoms with Crippen LogP contribution >= 0.6 is 0 Å². The van der Waals surface area contributed by atoms with Crippen LogP contribution in [0.3, 0.4) is 0 Å². The number of benzene rings is 1. The number of aromatic nitrogens is 2. The predicted molar refractivity (Wildman–Crippen MR) is 82.8 cm³/mol. The van der Waals surface area contributed by atoms with E-state index >= 15 is 0 Å². The molecule has 1 aromatic carbocycles. The zero-order chi connectivity index (χ0) is 17.4. The molecule has 1 aromatic heterocycles. The Labute approximate surface area is 132 Å². The Morgan fingerprint density at radius 3 is 2.48 bits per heavy atom. The Hall–Kier alpha value is -2.64. The van der Waals surface area contributed by atoms with Gasteiger partial charge in [-0.05, 0) is 32.9 Å². The van der Waals surface area contributed by atoms with Gasteiger partial charge in [-0.1, -0.05) is 0 Å². The quantitative estimate of drug-likeness (QED) is 0.888. The Kier molecular flexibility index (Phi) is 4.26. The van der Waals surface area contributed by atoms with Gasteiger partial charge in [-0.3, -0.25) is 10.00 Å². The van der Waals surface area contributed by atoms with Crippen LogP contribution in [0.4, 0.5) is 25.1 Å². The molecule has 1 amide bonds. The van der Waals surface area contributed by atoms with Gasteiger partial charge in [0.2, 0.25) is 0 Å². The summed E-state index contributed by atoms with van der Waals surface area (Å²) in [4.78, 5) is 11.7. The first-order valence-electron chi connectivity index (χ1n) is 6.86. The van der Waals surface area contributed by atoms with Crippen molar-refractivity contribution in [3.8, 4) is 11.3 Å². The SMILES string of the molecule is Cn1nc(-c2cc(F)c(F)c(NC(=O)OC(C)(C)C)c2)cc1N. The number of nitrogens with two attached hydrogens (primary N) is 1. The molecule has 6 nitrogen and oxygen atoms in total. The van der Waals surface area contributed by atoms with Crippen molar-refractivity contribution < 1.29 is 18.3 Å². The summed E-state index contributed by atoms with van der Waals surface area (Å²) in [5.74, 6) is -1.92. The van der Waals surface area contributed by atoms with E-state index in [1.54, 1.807) is 27.8 Å². The van der Waals surface area contributed by atoms with Crippen LogP contribution in [0.2, 0.25) is 0 Å². The lowest BCUT2D eigenvalue weighted by molar-refractivity contribution is 0.0635. The molecule has 1 heterocycles. The third kappa shape index (κ3) is 3.97. The molecular formula is C15H18F2N4O2. The van der Waals surface area contributed by atoms with Gasteiger partial charge in [0, 0.05) is 18.7 Å². The smallest absolute Gasteiger partial charge is 0.412 e. The van der Waals surface area contributed by atoms with E-state index in [9.17, 15) is 13.6 Å². The molecule has 8 heteroatoms. The van der Waals surface area contributed by atoms with Crippen LogP contribution in [0.15, 0.2) is 18.2 Å². The third-order valence-corrected chi connectivity index (χ3v) is 2.88. The molecule has 0 spiro atoms. The third-order valence-electron chi connectivity index (χ3n) is 2.88. The van der Waals surface area contributed by atoms with Gasteiger partial charge in [0.15, 0.2) is 11.6 Å². The molecule has 0 saturated carbocycles. The van der Waals surface area contributed by atoms with Crippen LogP contribution in [-0.2, 0) is 11.8 Å². The number of carbonyl (C=O) groups excluding carboxylic acids is 1. The van der Waals surface area contributed by atoms with Crippen molar-refractivity contribution in [2.24, 2.45) is 7.05 Å². The Bertz CT molecular complexity index is 731. The fraction of sp³-hybridized carbons (Fsp3) is 0.333. The van der Waals surface area contributed by atoms with Gasteiger partial charge in [-0.15, -0.1) is 0 Å². The van der Waals surface area contributed by atoms with Crippen molar-refractivity contribution in [1.82, 2.24) is 9.78 Å². The van der Waals surface area contributed by atoms with Crippen LogP contribution in [0.5, 0.6) is 0 Å². The summed E-state index contributed by atoms with van der Waals surface area (Å²) in [5.41, 5.74) is 5.22. The molecule has 0 bridgehead atoms. The number of nitrogen functional groups attached to an aromatic ring is 1. The summed E-state index contributed by atoms with van der Waals surface area (Å²) in [5, 5.41) is 6.29. The van der Waals surface area contributed by atoms with Crippen molar-refractivity contribution in [2.75, 3.05) is 11.1 Å². The van der Waals surface area contributed by atoms with E-state index in [-0.39, 0.29) is 11.3 Å². The van der Waals surface area contributed by atoms with E-state index in [0.29, 0.717) is 11.5 Å². The Morgan fingerprint density at radius 2 is 1.96 bits per heavy atom. The minimum Gasteiger partial charge on any atom is -0.444 e. The molecule has 0 aliphatic carbocycles. The number of ether oxygens (including phenoxy) is 1. The van der Waals surface area contributed by atoms with E-state index in [1.807, 2.05) is 0 Å². The highest BCUT2D eigenvalue weighted by Crippen LogP contribution is 2.28. The molecule has 0 fully saturated rings. The average Bonchev–Trinajstić information content (AvgIpc) is 2.72. The molecule has 0 saturated heterocycles. The first kappa shape index (κ1) is 16.7. The number of nitrogens with zero attached hydrogens (tertiary/aromatic N) is 2. The highest BCUT2D eigenvalue weighted by molar-refractivity contribution is 5.86. The average molecular weight is 324 g/mol.